The lowest BCUT2D eigenvalue weighted by Crippen LogP contribution is -2.05. The van der Waals surface area contributed by atoms with Crippen LogP contribution in [-0.2, 0) is 11.2 Å². The molecule has 0 aliphatic rings. The first-order chi connectivity index (χ1) is 6.00. The molecular weight excluding hydrogens is 202 g/mol. The molecule has 0 heterocycles. The fourth-order valence-corrected chi connectivity index (χ4v) is 1.08. The zero-order valence-corrected chi connectivity index (χ0v) is 7.11. The lowest BCUT2D eigenvalue weighted by Gasteiger charge is -2.01. The van der Waals surface area contributed by atoms with Crippen LogP contribution in [0.15, 0.2) is 12.1 Å². The van der Waals surface area contributed by atoms with E-state index in [-0.39, 0.29) is 5.02 Å². The molecule has 1 aromatic rings. The predicted octanol–water partition coefficient (Wildman–Crippen LogP) is 2.25. The number of hydrogen-bond acceptors (Lipinski definition) is 1. The Bertz CT molecular complexity index is 329. The monoisotopic (exact) mass is 206 g/mol. The fraction of sp³-hybridized carbons (Fsp3) is 0.125. The zero-order valence-electron chi connectivity index (χ0n) is 6.35. The molecule has 0 radical (unpaired) electrons. The van der Waals surface area contributed by atoms with E-state index in [1.807, 2.05) is 0 Å². The minimum absolute atomic E-state index is 0.0934. The Balaban J connectivity index is 3.13. The van der Waals surface area contributed by atoms with E-state index in [4.69, 9.17) is 16.7 Å². The lowest BCUT2D eigenvalue weighted by atomic mass is 10.1. The summed E-state index contributed by atoms with van der Waals surface area (Å²) in [4.78, 5) is 10.2. The van der Waals surface area contributed by atoms with E-state index >= 15 is 0 Å². The minimum Gasteiger partial charge on any atom is -0.481 e. The molecule has 70 valence electrons. The molecule has 0 bridgehead atoms. The van der Waals surface area contributed by atoms with Crippen LogP contribution < -0.4 is 0 Å². The third-order valence-electron chi connectivity index (χ3n) is 1.43. The van der Waals surface area contributed by atoms with Gasteiger partial charge in [0.1, 0.15) is 11.6 Å². The summed E-state index contributed by atoms with van der Waals surface area (Å²) < 4.78 is 25.8. The van der Waals surface area contributed by atoms with E-state index in [0.717, 1.165) is 12.1 Å². The number of benzene rings is 1. The van der Waals surface area contributed by atoms with E-state index in [1.54, 1.807) is 0 Å². The van der Waals surface area contributed by atoms with Crippen molar-refractivity contribution in [2.45, 2.75) is 6.42 Å². The van der Waals surface area contributed by atoms with E-state index in [1.165, 1.54) is 0 Å². The van der Waals surface area contributed by atoms with Gasteiger partial charge >= 0.3 is 5.97 Å². The second-order valence-corrected chi connectivity index (χ2v) is 2.85. The van der Waals surface area contributed by atoms with Gasteiger partial charge in [0.25, 0.3) is 0 Å². The van der Waals surface area contributed by atoms with Gasteiger partial charge in [0, 0.05) is 10.6 Å². The second kappa shape index (κ2) is 3.70. The van der Waals surface area contributed by atoms with Gasteiger partial charge in [-0.15, -0.1) is 0 Å². The molecule has 0 aromatic heterocycles. The molecular formula is C8H5ClF2O2. The molecule has 0 saturated carbocycles. The summed E-state index contributed by atoms with van der Waals surface area (Å²) in [7, 11) is 0. The number of carbonyl (C=O) groups is 1. The second-order valence-electron chi connectivity index (χ2n) is 2.42. The van der Waals surface area contributed by atoms with Gasteiger partial charge in [0.15, 0.2) is 0 Å². The molecule has 0 saturated heterocycles. The smallest absolute Gasteiger partial charge is 0.308 e. The van der Waals surface area contributed by atoms with Crippen molar-refractivity contribution in [3.63, 3.8) is 0 Å². The fourth-order valence-electron chi connectivity index (χ4n) is 0.892. The summed E-state index contributed by atoms with van der Waals surface area (Å²) in [5.74, 6) is -3.17. The molecule has 0 atom stereocenters. The molecule has 0 unspecified atom stereocenters. The number of aliphatic carboxylic acids is 1. The van der Waals surface area contributed by atoms with Crippen LogP contribution in [0.5, 0.6) is 0 Å². The van der Waals surface area contributed by atoms with E-state index in [2.05, 4.69) is 0 Å². The Hall–Kier alpha value is -1.16. The predicted molar refractivity (Wildman–Crippen MR) is 42.7 cm³/mol. The highest BCUT2D eigenvalue weighted by Crippen LogP contribution is 2.19. The molecule has 0 spiro atoms. The van der Waals surface area contributed by atoms with Crippen LogP contribution in [0.3, 0.4) is 0 Å². The summed E-state index contributed by atoms with van der Waals surface area (Å²) >= 11 is 5.33. The van der Waals surface area contributed by atoms with Crippen molar-refractivity contribution < 1.29 is 18.7 Å². The Morgan fingerprint density at radius 2 is 1.85 bits per heavy atom. The van der Waals surface area contributed by atoms with Gasteiger partial charge in [-0.3, -0.25) is 4.79 Å². The van der Waals surface area contributed by atoms with Crippen molar-refractivity contribution in [1.29, 1.82) is 0 Å². The largest absolute Gasteiger partial charge is 0.481 e. The molecule has 1 aromatic carbocycles. The summed E-state index contributed by atoms with van der Waals surface area (Å²) in [5, 5.41) is 8.23. The van der Waals surface area contributed by atoms with Gasteiger partial charge in [-0.05, 0) is 12.1 Å². The van der Waals surface area contributed by atoms with Crippen LogP contribution in [0, 0.1) is 11.6 Å². The first-order valence-corrected chi connectivity index (χ1v) is 3.73. The van der Waals surface area contributed by atoms with Gasteiger partial charge in [0.05, 0.1) is 6.42 Å². The molecule has 1 N–H and O–H groups in total. The first-order valence-electron chi connectivity index (χ1n) is 3.36. The van der Waals surface area contributed by atoms with Crippen LogP contribution >= 0.6 is 11.6 Å². The maximum Gasteiger partial charge on any atom is 0.308 e. The minimum atomic E-state index is -1.29. The van der Waals surface area contributed by atoms with Crippen molar-refractivity contribution in [3.05, 3.63) is 34.4 Å². The van der Waals surface area contributed by atoms with Crippen LogP contribution in [0.1, 0.15) is 5.56 Å². The summed E-state index contributed by atoms with van der Waals surface area (Å²) in [6, 6.07) is 1.76. The van der Waals surface area contributed by atoms with Gasteiger partial charge in [-0.2, -0.15) is 0 Å². The van der Waals surface area contributed by atoms with Crippen LogP contribution in [0.2, 0.25) is 5.02 Å². The zero-order chi connectivity index (χ0) is 10.0. The van der Waals surface area contributed by atoms with Crippen LogP contribution in [-0.4, -0.2) is 11.1 Å². The normalized spacial score (nSPS) is 10.1. The van der Waals surface area contributed by atoms with E-state index in [0.29, 0.717) is 0 Å². The van der Waals surface area contributed by atoms with E-state index in [9.17, 15) is 13.6 Å². The summed E-state index contributed by atoms with van der Waals surface area (Å²) in [5.41, 5.74) is -0.475. The van der Waals surface area contributed by atoms with Gasteiger partial charge in [-0.1, -0.05) is 11.6 Å². The van der Waals surface area contributed by atoms with Crippen molar-refractivity contribution in [2.24, 2.45) is 0 Å². The van der Waals surface area contributed by atoms with Crippen molar-refractivity contribution in [2.75, 3.05) is 0 Å². The third kappa shape index (κ3) is 2.39. The number of hydrogen-bond donors (Lipinski definition) is 1. The third-order valence-corrected chi connectivity index (χ3v) is 1.65. The summed E-state index contributed by atoms with van der Waals surface area (Å²) in [6.45, 7) is 0. The lowest BCUT2D eigenvalue weighted by molar-refractivity contribution is -0.136. The standard InChI is InChI=1S/C8H5ClF2O2/c9-4-1-6(10)5(3-8(12)13)7(11)2-4/h1-2H,3H2,(H,12,13). The van der Waals surface area contributed by atoms with Gasteiger partial charge < -0.3 is 5.11 Å². The van der Waals surface area contributed by atoms with Crippen molar-refractivity contribution in [3.8, 4) is 0 Å². The molecule has 2 nitrogen and oxygen atoms in total. The number of carboxylic acids is 1. The van der Waals surface area contributed by atoms with E-state index < -0.39 is 29.6 Å². The van der Waals surface area contributed by atoms with Crippen LogP contribution in [0.25, 0.3) is 0 Å². The maximum absolute atomic E-state index is 12.9. The molecule has 0 aliphatic carbocycles. The highest BCUT2D eigenvalue weighted by atomic mass is 35.5. The topological polar surface area (TPSA) is 37.3 Å². The number of halogens is 3. The average molecular weight is 207 g/mol. The van der Waals surface area contributed by atoms with Gasteiger partial charge in [0.2, 0.25) is 0 Å². The van der Waals surface area contributed by atoms with Crippen LogP contribution in [0.4, 0.5) is 8.78 Å². The Morgan fingerprint density at radius 3 is 2.23 bits per heavy atom. The Kier molecular flexibility index (Phi) is 2.83. The van der Waals surface area contributed by atoms with Gasteiger partial charge in [-0.25, -0.2) is 8.78 Å². The molecule has 0 amide bonds. The molecule has 1 rings (SSSR count). The Labute approximate surface area is 77.8 Å². The molecule has 0 fully saturated rings. The Morgan fingerprint density at radius 1 is 1.38 bits per heavy atom. The quantitative estimate of drug-likeness (QED) is 0.806. The molecule has 5 heteroatoms. The maximum atomic E-state index is 12.9. The molecule has 13 heavy (non-hydrogen) atoms. The van der Waals surface area contributed by atoms with Crippen molar-refractivity contribution >= 4 is 17.6 Å². The number of carboxylic acid groups (broad SMARTS) is 1. The van der Waals surface area contributed by atoms with Crippen molar-refractivity contribution in [1.82, 2.24) is 0 Å². The highest BCUT2D eigenvalue weighted by Gasteiger charge is 2.13. The highest BCUT2D eigenvalue weighted by molar-refractivity contribution is 6.30. The molecule has 0 aliphatic heterocycles. The summed E-state index contributed by atoms with van der Waals surface area (Å²) in [6.07, 6.45) is -0.686. The number of rotatable bonds is 2. The average Bonchev–Trinajstić information content (AvgIpc) is 1.96. The SMILES string of the molecule is O=C(O)Cc1c(F)cc(Cl)cc1F. The first kappa shape index (κ1) is 9.92.